The molecule has 1 aromatic rings. The molecule has 0 fully saturated rings. The van der Waals surface area contributed by atoms with Crippen LogP contribution in [0.15, 0.2) is 23.2 Å². The van der Waals surface area contributed by atoms with Crippen LogP contribution in [0.1, 0.15) is 30.9 Å². The van der Waals surface area contributed by atoms with Crippen molar-refractivity contribution in [3.05, 3.63) is 29.3 Å². The number of aliphatic imine (C=N–C) groups is 1. The van der Waals surface area contributed by atoms with E-state index in [1.165, 1.54) is 0 Å². The lowest BCUT2D eigenvalue weighted by Gasteiger charge is -2.11. The summed E-state index contributed by atoms with van der Waals surface area (Å²) in [4.78, 5) is 4.04. The molecule has 3 nitrogen and oxygen atoms in total. The molecule has 1 atom stereocenters. The van der Waals surface area contributed by atoms with Gasteiger partial charge in [0.2, 0.25) is 0 Å². The third-order valence-corrected chi connectivity index (χ3v) is 2.75. The highest BCUT2D eigenvalue weighted by Crippen LogP contribution is 2.17. The summed E-state index contributed by atoms with van der Waals surface area (Å²) in [5.74, 6) is 0. The summed E-state index contributed by atoms with van der Waals surface area (Å²) in [6.45, 7) is 2.09. The molecule has 1 aromatic carbocycles. The Balaban J connectivity index is 2.84. The molecule has 0 aliphatic carbocycles. The van der Waals surface area contributed by atoms with Crippen molar-refractivity contribution >= 4 is 11.9 Å². The molecule has 0 saturated heterocycles. The minimum atomic E-state index is -0.244. The van der Waals surface area contributed by atoms with E-state index in [0.29, 0.717) is 6.42 Å². The van der Waals surface area contributed by atoms with Gasteiger partial charge in [0.1, 0.15) is 0 Å². The first-order chi connectivity index (χ1) is 8.21. The Hall–Kier alpha value is -1.35. The monoisotopic (exact) mass is 234 g/mol. The van der Waals surface area contributed by atoms with E-state index in [0.717, 1.165) is 29.7 Å². The normalized spacial score (nSPS) is 12.9. The Morgan fingerprint density at radius 2 is 2.24 bits per heavy atom. The highest BCUT2D eigenvalue weighted by molar-refractivity contribution is 5.87. The van der Waals surface area contributed by atoms with Crippen molar-refractivity contribution in [3.63, 3.8) is 0 Å². The Morgan fingerprint density at radius 1 is 1.47 bits per heavy atom. The van der Waals surface area contributed by atoms with Crippen molar-refractivity contribution in [3.8, 4) is 0 Å². The van der Waals surface area contributed by atoms with Crippen molar-refractivity contribution in [1.82, 2.24) is 0 Å². The number of rotatable bonds is 6. The number of aliphatic hydroxyl groups is 1. The van der Waals surface area contributed by atoms with E-state index in [2.05, 4.69) is 29.4 Å². The molecular weight excluding hydrogens is 212 g/mol. The Kier molecular flexibility index (Phi) is 5.70. The maximum atomic E-state index is 9.80. The third kappa shape index (κ3) is 4.19. The van der Waals surface area contributed by atoms with Crippen LogP contribution in [-0.2, 0) is 6.42 Å². The van der Waals surface area contributed by atoms with Crippen LogP contribution >= 0.6 is 0 Å². The van der Waals surface area contributed by atoms with E-state index >= 15 is 0 Å². The fourth-order valence-corrected chi connectivity index (χ4v) is 1.92. The molecule has 0 radical (unpaired) electrons. The van der Waals surface area contributed by atoms with E-state index < -0.39 is 0 Å². The smallest absolute Gasteiger partial charge is 0.0580 e. The van der Waals surface area contributed by atoms with Gasteiger partial charge in [-0.3, -0.25) is 4.99 Å². The molecule has 0 aromatic heterocycles. The van der Waals surface area contributed by atoms with Crippen LogP contribution in [0.5, 0.6) is 0 Å². The number of anilines is 1. The van der Waals surface area contributed by atoms with Crippen LogP contribution in [0.25, 0.3) is 0 Å². The SMILES string of the molecule is CCCC(O)Cc1ccc(NC)c(C=NC)c1. The number of hydrogen-bond acceptors (Lipinski definition) is 3. The highest BCUT2D eigenvalue weighted by Gasteiger charge is 2.06. The van der Waals surface area contributed by atoms with Crippen LogP contribution in [0.4, 0.5) is 5.69 Å². The lowest BCUT2D eigenvalue weighted by Crippen LogP contribution is -2.10. The maximum absolute atomic E-state index is 9.80. The molecule has 17 heavy (non-hydrogen) atoms. The van der Waals surface area contributed by atoms with Gasteiger partial charge < -0.3 is 10.4 Å². The van der Waals surface area contributed by atoms with Gasteiger partial charge in [0.05, 0.1) is 6.10 Å². The van der Waals surface area contributed by atoms with E-state index in [4.69, 9.17) is 0 Å². The Morgan fingerprint density at radius 3 is 2.82 bits per heavy atom. The molecule has 94 valence electrons. The summed E-state index contributed by atoms with van der Waals surface area (Å²) in [6, 6.07) is 6.17. The van der Waals surface area contributed by atoms with Crippen LogP contribution in [-0.4, -0.2) is 31.5 Å². The fourth-order valence-electron chi connectivity index (χ4n) is 1.92. The quantitative estimate of drug-likeness (QED) is 0.743. The standard InChI is InChI=1S/C14H22N2O/c1-4-5-13(17)9-11-6-7-14(16-3)12(8-11)10-15-2/h6-8,10,13,16-17H,4-5,9H2,1-3H3. The van der Waals surface area contributed by atoms with Crippen molar-refractivity contribution in [2.24, 2.45) is 4.99 Å². The molecule has 0 spiro atoms. The second-order valence-corrected chi connectivity index (χ2v) is 4.21. The second kappa shape index (κ2) is 7.07. The molecule has 2 N–H and O–H groups in total. The average molecular weight is 234 g/mol. The molecule has 1 unspecified atom stereocenters. The summed E-state index contributed by atoms with van der Waals surface area (Å²) in [5.41, 5.74) is 3.28. The number of benzene rings is 1. The number of aliphatic hydroxyl groups excluding tert-OH is 1. The van der Waals surface area contributed by atoms with Gasteiger partial charge in [-0.1, -0.05) is 19.4 Å². The first-order valence-electron chi connectivity index (χ1n) is 6.12. The molecule has 0 heterocycles. The summed E-state index contributed by atoms with van der Waals surface area (Å²) < 4.78 is 0. The van der Waals surface area contributed by atoms with Gasteiger partial charge in [0, 0.05) is 31.6 Å². The maximum Gasteiger partial charge on any atom is 0.0580 e. The summed E-state index contributed by atoms with van der Waals surface area (Å²) in [6.07, 6.45) is 4.17. The van der Waals surface area contributed by atoms with E-state index in [1.807, 2.05) is 19.3 Å². The van der Waals surface area contributed by atoms with E-state index in [-0.39, 0.29) is 6.10 Å². The lowest BCUT2D eigenvalue weighted by atomic mass is 10.0. The molecule has 0 aliphatic rings. The molecule has 0 saturated carbocycles. The predicted molar refractivity (Wildman–Crippen MR) is 74.1 cm³/mol. The number of nitrogens with zero attached hydrogens (tertiary/aromatic N) is 1. The lowest BCUT2D eigenvalue weighted by molar-refractivity contribution is 0.164. The minimum Gasteiger partial charge on any atom is -0.393 e. The van der Waals surface area contributed by atoms with Gasteiger partial charge in [0.15, 0.2) is 0 Å². The van der Waals surface area contributed by atoms with Crippen molar-refractivity contribution < 1.29 is 5.11 Å². The summed E-state index contributed by atoms with van der Waals surface area (Å²) in [5, 5.41) is 12.9. The zero-order chi connectivity index (χ0) is 12.7. The van der Waals surface area contributed by atoms with E-state index in [9.17, 15) is 5.11 Å². The molecule has 1 rings (SSSR count). The summed E-state index contributed by atoms with van der Waals surface area (Å²) in [7, 11) is 3.66. The van der Waals surface area contributed by atoms with Crippen LogP contribution in [0, 0.1) is 0 Å². The molecule has 0 bridgehead atoms. The van der Waals surface area contributed by atoms with E-state index in [1.54, 1.807) is 7.05 Å². The van der Waals surface area contributed by atoms with Gasteiger partial charge in [-0.05, 0) is 30.5 Å². The van der Waals surface area contributed by atoms with Gasteiger partial charge >= 0.3 is 0 Å². The van der Waals surface area contributed by atoms with Crippen molar-refractivity contribution in [2.45, 2.75) is 32.3 Å². The topological polar surface area (TPSA) is 44.6 Å². The van der Waals surface area contributed by atoms with Gasteiger partial charge in [-0.15, -0.1) is 0 Å². The summed E-state index contributed by atoms with van der Waals surface area (Å²) >= 11 is 0. The second-order valence-electron chi connectivity index (χ2n) is 4.21. The molecule has 3 heteroatoms. The Bertz CT molecular complexity index is 374. The number of nitrogens with one attached hydrogen (secondary N) is 1. The Labute approximate surface area is 104 Å². The van der Waals surface area contributed by atoms with Gasteiger partial charge in [-0.2, -0.15) is 0 Å². The minimum absolute atomic E-state index is 0.244. The van der Waals surface area contributed by atoms with Crippen molar-refractivity contribution in [1.29, 1.82) is 0 Å². The predicted octanol–water partition coefficient (Wildman–Crippen LogP) is 2.48. The largest absolute Gasteiger partial charge is 0.393 e. The van der Waals surface area contributed by atoms with Gasteiger partial charge in [-0.25, -0.2) is 0 Å². The first-order valence-corrected chi connectivity index (χ1v) is 6.12. The van der Waals surface area contributed by atoms with Crippen LogP contribution in [0.3, 0.4) is 0 Å². The zero-order valence-corrected chi connectivity index (χ0v) is 10.9. The third-order valence-electron chi connectivity index (χ3n) is 2.75. The highest BCUT2D eigenvalue weighted by atomic mass is 16.3. The zero-order valence-electron chi connectivity index (χ0n) is 10.9. The van der Waals surface area contributed by atoms with Gasteiger partial charge in [0.25, 0.3) is 0 Å². The molecule has 0 aliphatic heterocycles. The van der Waals surface area contributed by atoms with Crippen LogP contribution in [0.2, 0.25) is 0 Å². The molecular formula is C14H22N2O. The average Bonchev–Trinajstić information content (AvgIpc) is 2.30. The number of hydrogen-bond donors (Lipinski definition) is 2. The molecule has 0 amide bonds. The first kappa shape index (κ1) is 13.7. The fraction of sp³-hybridized carbons (Fsp3) is 0.500. The van der Waals surface area contributed by atoms with Crippen molar-refractivity contribution in [2.75, 3.05) is 19.4 Å². The van der Waals surface area contributed by atoms with Crippen LogP contribution < -0.4 is 5.32 Å².